The summed E-state index contributed by atoms with van der Waals surface area (Å²) in [7, 11) is 0. The Morgan fingerprint density at radius 2 is 1.77 bits per heavy atom. The van der Waals surface area contributed by atoms with E-state index >= 15 is 0 Å². The van der Waals surface area contributed by atoms with Gasteiger partial charge in [-0.2, -0.15) is 0 Å². The van der Waals surface area contributed by atoms with Crippen molar-refractivity contribution in [3.63, 3.8) is 0 Å². The maximum absolute atomic E-state index is 12.6. The van der Waals surface area contributed by atoms with Crippen LogP contribution < -0.4 is 10.1 Å². The number of amides is 1. The number of hydrogen-bond acceptors (Lipinski definition) is 4. The largest absolute Gasteiger partial charge is 0.480 e. The molecule has 1 atom stereocenters. The van der Waals surface area contributed by atoms with Gasteiger partial charge in [-0.15, -0.1) is 0 Å². The number of esters is 1. The van der Waals surface area contributed by atoms with Crippen molar-refractivity contribution in [2.45, 2.75) is 40.2 Å². The molecule has 138 valence electrons. The molecule has 0 aromatic heterocycles. The van der Waals surface area contributed by atoms with Crippen molar-refractivity contribution in [2.75, 3.05) is 11.9 Å². The number of hydrogen-bond donors (Lipinski definition) is 1. The van der Waals surface area contributed by atoms with Gasteiger partial charge in [-0.3, -0.25) is 4.79 Å². The highest BCUT2D eigenvalue weighted by molar-refractivity contribution is 5.96. The molecule has 2 rings (SSSR count). The zero-order chi connectivity index (χ0) is 19.1. The molecule has 0 unspecified atom stereocenters. The van der Waals surface area contributed by atoms with E-state index in [2.05, 4.69) is 5.32 Å². The van der Waals surface area contributed by atoms with Gasteiger partial charge in [0, 0.05) is 5.69 Å². The average Bonchev–Trinajstić information content (AvgIpc) is 2.62. The van der Waals surface area contributed by atoms with Gasteiger partial charge in [0.2, 0.25) is 0 Å². The molecule has 2 aromatic carbocycles. The van der Waals surface area contributed by atoms with Crippen molar-refractivity contribution in [3.8, 4) is 5.75 Å². The first-order chi connectivity index (χ1) is 12.5. The number of para-hydroxylation sites is 1. The molecule has 0 aliphatic carbocycles. The van der Waals surface area contributed by atoms with E-state index in [1.165, 1.54) is 0 Å². The number of nitrogens with one attached hydrogen (secondary N) is 1. The molecule has 0 saturated carbocycles. The van der Waals surface area contributed by atoms with Crippen molar-refractivity contribution in [1.29, 1.82) is 0 Å². The Kier molecular flexibility index (Phi) is 6.78. The van der Waals surface area contributed by atoms with Gasteiger partial charge < -0.3 is 14.8 Å². The van der Waals surface area contributed by atoms with E-state index in [4.69, 9.17) is 9.47 Å². The molecule has 0 fully saturated rings. The predicted octanol–water partition coefficient (Wildman–Crippen LogP) is 4.28. The summed E-state index contributed by atoms with van der Waals surface area (Å²) in [5.41, 5.74) is 2.88. The fraction of sp³-hybridized carbons (Fsp3) is 0.333. The quantitative estimate of drug-likeness (QED) is 0.753. The van der Waals surface area contributed by atoms with E-state index in [0.29, 0.717) is 30.0 Å². The highest BCUT2D eigenvalue weighted by Crippen LogP contribution is 2.21. The van der Waals surface area contributed by atoms with Gasteiger partial charge in [0.15, 0.2) is 6.10 Å². The number of aryl methyl sites for hydroxylation is 2. The van der Waals surface area contributed by atoms with Crippen LogP contribution in [0.25, 0.3) is 0 Å². The Balaban J connectivity index is 2.10. The average molecular weight is 355 g/mol. The van der Waals surface area contributed by atoms with Crippen LogP contribution in [0, 0.1) is 13.8 Å². The van der Waals surface area contributed by atoms with Gasteiger partial charge in [0.1, 0.15) is 5.75 Å². The zero-order valence-corrected chi connectivity index (χ0v) is 15.7. The van der Waals surface area contributed by atoms with E-state index < -0.39 is 6.10 Å². The van der Waals surface area contributed by atoms with Gasteiger partial charge in [0.25, 0.3) is 5.91 Å². The molecule has 0 bridgehead atoms. The Labute approximate surface area is 154 Å². The molecule has 2 aromatic rings. The van der Waals surface area contributed by atoms with Crippen LogP contribution in [0.3, 0.4) is 0 Å². The first-order valence-corrected chi connectivity index (χ1v) is 8.77. The fourth-order valence-corrected chi connectivity index (χ4v) is 2.52. The van der Waals surface area contributed by atoms with Crippen molar-refractivity contribution >= 4 is 17.6 Å². The summed E-state index contributed by atoms with van der Waals surface area (Å²) >= 11 is 0. The number of carbonyl (C=O) groups is 2. The van der Waals surface area contributed by atoms with E-state index in [-0.39, 0.29) is 11.9 Å². The lowest BCUT2D eigenvalue weighted by Crippen LogP contribution is -2.32. The Morgan fingerprint density at radius 1 is 1.04 bits per heavy atom. The lowest BCUT2D eigenvalue weighted by atomic mass is 10.1. The van der Waals surface area contributed by atoms with Crippen molar-refractivity contribution in [2.24, 2.45) is 0 Å². The minimum Gasteiger partial charge on any atom is -0.480 e. The van der Waals surface area contributed by atoms with Crippen molar-refractivity contribution in [3.05, 3.63) is 59.2 Å². The fourth-order valence-electron chi connectivity index (χ4n) is 2.52. The zero-order valence-electron chi connectivity index (χ0n) is 15.7. The van der Waals surface area contributed by atoms with Crippen LogP contribution in [0.5, 0.6) is 5.75 Å². The molecule has 0 aliphatic heterocycles. The van der Waals surface area contributed by atoms with Crippen LogP contribution in [0.4, 0.5) is 5.69 Å². The van der Waals surface area contributed by atoms with Crippen LogP contribution in [0.2, 0.25) is 0 Å². The van der Waals surface area contributed by atoms with E-state index in [0.717, 1.165) is 11.1 Å². The molecule has 0 saturated heterocycles. The number of anilines is 1. The highest BCUT2D eigenvalue weighted by Gasteiger charge is 2.20. The summed E-state index contributed by atoms with van der Waals surface area (Å²) in [5.74, 6) is 0.106. The summed E-state index contributed by atoms with van der Waals surface area (Å²) in [6.07, 6.45) is -0.0552. The molecule has 1 amide bonds. The lowest BCUT2D eigenvalue weighted by Gasteiger charge is -2.19. The lowest BCUT2D eigenvalue weighted by molar-refractivity contribution is -0.122. The molecule has 0 heterocycles. The molecule has 0 spiro atoms. The molecule has 1 N–H and O–H groups in total. The molecule has 26 heavy (non-hydrogen) atoms. The van der Waals surface area contributed by atoms with Crippen LogP contribution in [0.15, 0.2) is 42.5 Å². The maximum atomic E-state index is 12.6. The van der Waals surface area contributed by atoms with Crippen LogP contribution in [-0.2, 0) is 9.53 Å². The number of rotatable bonds is 7. The Hall–Kier alpha value is -2.82. The predicted molar refractivity (Wildman–Crippen MR) is 102 cm³/mol. The topological polar surface area (TPSA) is 64.6 Å². The minimum atomic E-state index is -0.597. The normalized spacial score (nSPS) is 11.5. The monoisotopic (exact) mass is 355 g/mol. The van der Waals surface area contributed by atoms with E-state index in [1.807, 2.05) is 45.0 Å². The van der Waals surface area contributed by atoms with Crippen LogP contribution in [-0.4, -0.2) is 24.6 Å². The van der Waals surface area contributed by atoms with Crippen LogP contribution >= 0.6 is 0 Å². The Bertz CT molecular complexity index is 785. The summed E-state index contributed by atoms with van der Waals surface area (Å²) in [6, 6.07) is 12.7. The van der Waals surface area contributed by atoms with Crippen molar-refractivity contribution in [1.82, 2.24) is 0 Å². The summed E-state index contributed by atoms with van der Waals surface area (Å²) in [4.78, 5) is 24.4. The first kappa shape index (κ1) is 19.5. The second-order valence-corrected chi connectivity index (χ2v) is 6.02. The van der Waals surface area contributed by atoms with Gasteiger partial charge in [-0.1, -0.05) is 25.1 Å². The Morgan fingerprint density at radius 3 is 2.38 bits per heavy atom. The summed E-state index contributed by atoms with van der Waals surface area (Å²) < 4.78 is 10.9. The number of carbonyl (C=O) groups excluding carboxylic acids is 2. The maximum Gasteiger partial charge on any atom is 0.338 e. The molecule has 0 aliphatic rings. The van der Waals surface area contributed by atoms with E-state index in [1.54, 1.807) is 25.1 Å². The smallest absolute Gasteiger partial charge is 0.338 e. The summed E-state index contributed by atoms with van der Waals surface area (Å²) in [6.45, 7) is 7.77. The second kappa shape index (κ2) is 9.04. The van der Waals surface area contributed by atoms with Gasteiger partial charge in [-0.05, 0) is 62.6 Å². The van der Waals surface area contributed by atoms with Gasteiger partial charge in [0.05, 0.1) is 12.2 Å². The summed E-state index contributed by atoms with van der Waals surface area (Å²) in [5, 5.41) is 2.88. The SMILES string of the molecule is CCOC(=O)c1ccc(NC(=O)[C@@H](CC)Oc2ccccc2C)c(C)c1. The molecule has 5 nitrogen and oxygen atoms in total. The third kappa shape index (κ3) is 4.85. The molecular formula is C21H25NO4. The highest BCUT2D eigenvalue weighted by atomic mass is 16.5. The first-order valence-electron chi connectivity index (χ1n) is 8.77. The second-order valence-electron chi connectivity index (χ2n) is 6.02. The van der Waals surface area contributed by atoms with Crippen LogP contribution in [0.1, 0.15) is 41.8 Å². The minimum absolute atomic E-state index is 0.220. The van der Waals surface area contributed by atoms with E-state index in [9.17, 15) is 9.59 Å². The number of ether oxygens (including phenoxy) is 2. The standard InChI is InChI=1S/C21H25NO4/c1-5-18(26-19-10-8-7-9-14(19)3)20(23)22-17-12-11-16(13-15(17)4)21(24)25-6-2/h7-13,18H,5-6H2,1-4H3,(H,22,23)/t18-/m1/s1. The van der Waals surface area contributed by atoms with Gasteiger partial charge >= 0.3 is 5.97 Å². The van der Waals surface area contributed by atoms with Gasteiger partial charge in [-0.25, -0.2) is 4.79 Å². The molecule has 0 radical (unpaired) electrons. The number of benzene rings is 2. The molecular weight excluding hydrogens is 330 g/mol. The third-order valence-electron chi connectivity index (χ3n) is 4.02. The third-order valence-corrected chi connectivity index (χ3v) is 4.02. The van der Waals surface area contributed by atoms with Crippen molar-refractivity contribution < 1.29 is 19.1 Å². The molecule has 5 heteroatoms.